The zero-order valence-electron chi connectivity index (χ0n) is 24.4. The molecule has 0 saturated heterocycles. The lowest BCUT2D eigenvalue weighted by Crippen LogP contribution is -2.25. The maximum Gasteiger partial charge on any atom is 0.0886 e. The van der Waals surface area contributed by atoms with Crippen molar-refractivity contribution in [2.24, 2.45) is 0 Å². The maximum atomic E-state index is 4.76. The molecule has 45 heavy (non-hydrogen) atoms. The van der Waals surface area contributed by atoms with Crippen LogP contribution in [0.4, 0.5) is 0 Å². The number of fused-ring (bicyclic) bond motifs is 13. The second kappa shape index (κ2) is 9.07. The van der Waals surface area contributed by atoms with Gasteiger partial charge in [0.15, 0.2) is 0 Å². The normalized spacial score (nSPS) is 13.5. The number of benzene rings is 6. The molecule has 2 nitrogen and oxygen atoms in total. The third-order valence-electron chi connectivity index (χ3n) is 9.96. The quantitative estimate of drug-likeness (QED) is 0.207. The van der Waals surface area contributed by atoms with Crippen molar-refractivity contribution >= 4 is 21.5 Å². The zero-order valence-corrected chi connectivity index (χ0v) is 24.4. The first-order chi connectivity index (χ1) is 22.3. The summed E-state index contributed by atoms with van der Waals surface area (Å²) < 4.78 is 0. The van der Waals surface area contributed by atoms with Crippen molar-refractivity contribution in [2.45, 2.75) is 5.41 Å². The van der Waals surface area contributed by atoms with Crippen molar-refractivity contribution in [3.63, 3.8) is 0 Å². The summed E-state index contributed by atoms with van der Waals surface area (Å²) in [5.74, 6) is 0. The molecule has 0 radical (unpaired) electrons. The molecule has 0 unspecified atom stereocenters. The van der Waals surface area contributed by atoms with Gasteiger partial charge in [0.2, 0.25) is 0 Å². The van der Waals surface area contributed by atoms with E-state index in [2.05, 4.69) is 132 Å². The van der Waals surface area contributed by atoms with E-state index in [1.165, 1.54) is 66.1 Å². The third kappa shape index (κ3) is 3.29. The number of aromatic nitrogens is 2. The average molecular weight is 571 g/mol. The Bertz CT molecular complexity index is 2430. The summed E-state index contributed by atoms with van der Waals surface area (Å²) in [4.78, 5) is 9.23. The summed E-state index contributed by atoms with van der Waals surface area (Å²) in [5, 5.41) is 5.06. The molecule has 2 heteroatoms. The van der Waals surface area contributed by atoms with E-state index in [1.54, 1.807) is 0 Å². The fraction of sp³-hybridized carbons (Fsp3) is 0.0233. The highest BCUT2D eigenvalue weighted by Crippen LogP contribution is 2.64. The molecule has 2 aromatic heterocycles. The Morgan fingerprint density at radius 1 is 0.400 bits per heavy atom. The molecule has 1 spiro atoms. The highest BCUT2D eigenvalue weighted by atomic mass is 14.8. The summed E-state index contributed by atoms with van der Waals surface area (Å²) in [6.45, 7) is 0. The predicted molar refractivity (Wildman–Crippen MR) is 184 cm³/mol. The Balaban J connectivity index is 1.24. The molecule has 10 rings (SSSR count). The number of pyridine rings is 2. The van der Waals surface area contributed by atoms with E-state index in [0.29, 0.717) is 0 Å². The van der Waals surface area contributed by atoms with Crippen molar-refractivity contribution in [3.8, 4) is 44.8 Å². The minimum absolute atomic E-state index is 0.377. The highest BCUT2D eigenvalue weighted by molar-refractivity contribution is 6.08. The van der Waals surface area contributed by atoms with Gasteiger partial charge < -0.3 is 0 Å². The minimum Gasteiger partial charge on any atom is -0.255 e. The van der Waals surface area contributed by atoms with Crippen molar-refractivity contribution < 1.29 is 0 Å². The van der Waals surface area contributed by atoms with Crippen LogP contribution in [0.15, 0.2) is 158 Å². The monoisotopic (exact) mass is 570 g/mol. The fourth-order valence-electron chi connectivity index (χ4n) is 8.06. The van der Waals surface area contributed by atoms with Gasteiger partial charge in [0.05, 0.1) is 16.8 Å². The van der Waals surface area contributed by atoms with Gasteiger partial charge in [-0.05, 0) is 108 Å². The molecule has 0 saturated carbocycles. The van der Waals surface area contributed by atoms with E-state index in [9.17, 15) is 0 Å². The summed E-state index contributed by atoms with van der Waals surface area (Å²) in [6.07, 6.45) is 3.77. The largest absolute Gasteiger partial charge is 0.255 e. The Kier molecular flexibility index (Phi) is 4.95. The lowest BCUT2D eigenvalue weighted by molar-refractivity contribution is 0.795. The number of nitrogens with zero attached hydrogens (tertiary/aromatic N) is 2. The van der Waals surface area contributed by atoms with Crippen molar-refractivity contribution in [3.05, 3.63) is 180 Å². The van der Waals surface area contributed by atoms with Crippen LogP contribution in [0.25, 0.3) is 66.3 Å². The number of hydrogen-bond donors (Lipinski definition) is 0. The Hall–Kier alpha value is -5.86. The summed E-state index contributed by atoms with van der Waals surface area (Å²) in [7, 11) is 0. The van der Waals surface area contributed by atoms with Crippen LogP contribution in [0.3, 0.4) is 0 Å². The molecule has 0 N–H and O–H groups in total. The van der Waals surface area contributed by atoms with Gasteiger partial charge in [0.25, 0.3) is 0 Å². The molecule has 0 atom stereocenters. The molecule has 0 bridgehead atoms. The van der Waals surface area contributed by atoms with E-state index in [4.69, 9.17) is 4.98 Å². The minimum atomic E-state index is -0.377. The van der Waals surface area contributed by atoms with Gasteiger partial charge in [-0.25, -0.2) is 0 Å². The summed E-state index contributed by atoms with van der Waals surface area (Å²) in [6, 6.07) is 53.4. The van der Waals surface area contributed by atoms with Gasteiger partial charge in [0.1, 0.15) is 0 Å². The lowest BCUT2D eigenvalue weighted by Gasteiger charge is -2.30. The van der Waals surface area contributed by atoms with E-state index >= 15 is 0 Å². The van der Waals surface area contributed by atoms with Gasteiger partial charge in [-0.3, -0.25) is 9.97 Å². The van der Waals surface area contributed by atoms with Crippen LogP contribution in [-0.4, -0.2) is 9.97 Å². The van der Waals surface area contributed by atoms with Crippen LogP contribution in [0.1, 0.15) is 22.3 Å². The van der Waals surface area contributed by atoms with Gasteiger partial charge in [0, 0.05) is 18.0 Å². The van der Waals surface area contributed by atoms with Gasteiger partial charge in [-0.1, -0.05) is 109 Å². The van der Waals surface area contributed by atoms with Crippen LogP contribution in [0.5, 0.6) is 0 Å². The molecule has 2 heterocycles. The maximum absolute atomic E-state index is 4.76. The van der Waals surface area contributed by atoms with Gasteiger partial charge >= 0.3 is 0 Å². The third-order valence-corrected chi connectivity index (χ3v) is 9.96. The zero-order chi connectivity index (χ0) is 29.5. The SMILES string of the molecule is c1ccc(-c2ccc(-c3ccc4cc5c(cc4c3)C3(c4ccccc4-c4ccccc43)c3ccc4ccccc4c3-5)cn2)nc1. The van der Waals surface area contributed by atoms with E-state index < -0.39 is 0 Å². The predicted octanol–water partition coefficient (Wildman–Crippen LogP) is 10.5. The molecular formula is C43H26N2. The van der Waals surface area contributed by atoms with Crippen LogP contribution in [-0.2, 0) is 5.41 Å². The van der Waals surface area contributed by atoms with Crippen LogP contribution in [0.2, 0.25) is 0 Å². The van der Waals surface area contributed by atoms with Crippen LogP contribution < -0.4 is 0 Å². The van der Waals surface area contributed by atoms with E-state index in [1.807, 2.05) is 30.6 Å². The first kappa shape index (κ1) is 24.6. The van der Waals surface area contributed by atoms with E-state index in [0.717, 1.165) is 22.5 Å². The Morgan fingerprint density at radius 2 is 1.11 bits per heavy atom. The highest BCUT2D eigenvalue weighted by Gasteiger charge is 2.52. The molecule has 2 aliphatic carbocycles. The molecule has 0 amide bonds. The molecular weight excluding hydrogens is 544 g/mol. The Labute approximate surface area is 261 Å². The molecule has 0 aliphatic heterocycles. The number of hydrogen-bond acceptors (Lipinski definition) is 2. The number of rotatable bonds is 2. The fourth-order valence-corrected chi connectivity index (χ4v) is 8.06. The van der Waals surface area contributed by atoms with Crippen LogP contribution >= 0.6 is 0 Å². The first-order valence-electron chi connectivity index (χ1n) is 15.5. The van der Waals surface area contributed by atoms with Crippen molar-refractivity contribution in [1.29, 1.82) is 0 Å². The van der Waals surface area contributed by atoms with Crippen molar-refractivity contribution in [2.75, 3.05) is 0 Å². The standard InChI is InChI=1S/C43H26N2/c1-2-10-32-27(9-1)18-20-38-42(32)35-24-29-17-16-28(30-19-21-41(45-26-30)40-15-7-8-22-44-40)23-31(29)25-39(35)43(38)36-13-5-3-11-33(36)34-12-4-6-14-37(34)43/h1-26H. The van der Waals surface area contributed by atoms with Crippen LogP contribution in [0, 0.1) is 0 Å². The van der Waals surface area contributed by atoms with Gasteiger partial charge in [-0.2, -0.15) is 0 Å². The summed E-state index contributed by atoms with van der Waals surface area (Å²) in [5.41, 5.74) is 14.4. The Morgan fingerprint density at radius 3 is 1.89 bits per heavy atom. The lowest BCUT2D eigenvalue weighted by atomic mass is 9.70. The topological polar surface area (TPSA) is 25.8 Å². The van der Waals surface area contributed by atoms with Crippen molar-refractivity contribution in [1.82, 2.24) is 9.97 Å². The molecule has 0 fully saturated rings. The van der Waals surface area contributed by atoms with Gasteiger partial charge in [-0.15, -0.1) is 0 Å². The summed E-state index contributed by atoms with van der Waals surface area (Å²) >= 11 is 0. The first-order valence-corrected chi connectivity index (χ1v) is 15.5. The molecule has 6 aromatic carbocycles. The second-order valence-electron chi connectivity index (χ2n) is 12.2. The average Bonchev–Trinajstić information content (AvgIpc) is 3.58. The van der Waals surface area contributed by atoms with E-state index in [-0.39, 0.29) is 5.41 Å². The smallest absolute Gasteiger partial charge is 0.0886 e. The second-order valence-corrected chi connectivity index (χ2v) is 12.2. The molecule has 2 aliphatic rings. The molecule has 8 aromatic rings. The molecule has 208 valence electrons.